The van der Waals surface area contributed by atoms with Gasteiger partial charge in [0, 0.05) is 22.0 Å². The van der Waals surface area contributed by atoms with Gasteiger partial charge in [0.15, 0.2) is 0 Å². The monoisotopic (exact) mass is 394 g/mol. The van der Waals surface area contributed by atoms with Crippen LogP contribution in [0.5, 0.6) is 0 Å². The third kappa shape index (κ3) is 7.08. The maximum atomic E-state index is 12.2. The number of thioether (sulfide) groups is 2. The normalized spacial score (nSPS) is 11.9. The molecule has 0 aliphatic heterocycles. The van der Waals surface area contributed by atoms with Crippen LogP contribution in [-0.2, 0) is 9.59 Å². The topological polar surface area (TPSA) is 68.3 Å². The van der Waals surface area contributed by atoms with E-state index in [0.717, 1.165) is 23.5 Å². The van der Waals surface area contributed by atoms with Crippen molar-refractivity contribution in [2.45, 2.75) is 41.5 Å². The molecular weight excluding hydrogens is 368 g/mol. The second kappa shape index (κ2) is 9.00. The molecule has 1 aromatic rings. The number of benzene rings is 1. The van der Waals surface area contributed by atoms with Gasteiger partial charge < -0.3 is 0 Å². The van der Waals surface area contributed by atoms with E-state index in [2.05, 4.69) is 0 Å². The summed E-state index contributed by atoms with van der Waals surface area (Å²) in [6, 6.07) is 6.32. The van der Waals surface area contributed by atoms with Gasteiger partial charge in [0.1, 0.15) is 11.6 Å². The summed E-state index contributed by atoms with van der Waals surface area (Å²) < 4.78 is 0. The van der Waals surface area contributed by atoms with E-state index >= 15 is 0 Å². The second-order valence-corrected chi connectivity index (χ2v) is 9.97. The Labute approximate surface area is 163 Å². The van der Waals surface area contributed by atoms with Crippen molar-refractivity contribution in [1.82, 2.24) is 0 Å². The van der Waals surface area contributed by atoms with Crippen molar-refractivity contribution in [1.29, 1.82) is 0 Å². The molecule has 0 saturated carbocycles. The highest BCUT2D eigenvalue weighted by atomic mass is 32.2. The average Bonchev–Trinajstić information content (AvgIpc) is 2.55. The molecule has 142 valence electrons. The minimum atomic E-state index is -0.467. The van der Waals surface area contributed by atoms with Crippen molar-refractivity contribution < 1.29 is 19.2 Å². The largest absolute Gasteiger partial charge is 0.298 e. The summed E-state index contributed by atoms with van der Waals surface area (Å²) in [6.07, 6.45) is 0. The molecule has 0 aliphatic carbocycles. The van der Waals surface area contributed by atoms with E-state index in [1.54, 1.807) is 24.3 Å². The smallest absolute Gasteiger partial charge is 0.219 e. The predicted molar refractivity (Wildman–Crippen MR) is 109 cm³/mol. The van der Waals surface area contributed by atoms with Crippen LogP contribution in [0.15, 0.2) is 24.3 Å². The molecule has 0 heterocycles. The molecule has 0 saturated heterocycles. The molecule has 26 heavy (non-hydrogen) atoms. The molecule has 0 spiro atoms. The molecule has 6 heteroatoms. The van der Waals surface area contributed by atoms with Gasteiger partial charge in [-0.3, -0.25) is 19.2 Å². The first-order valence-corrected chi connectivity index (χ1v) is 10.3. The fourth-order valence-electron chi connectivity index (χ4n) is 1.60. The van der Waals surface area contributed by atoms with Gasteiger partial charge in [-0.2, -0.15) is 0 Å². The fraction of sp³-hybridized carbons (Fsp3) is 0.500. The van der Waals surface area contributed by atoms with Crippen LogP contribution in [0.25, 0.3) is 0 Å². The third-order valence-electron chi connectivity index (χ3n) is 3.70. The first-order chi connectivity index (χ1) is 11.8. The summed E-state index contributed by atoms with van der Waals surface area (Å²) >= 11 is 1.94. The van der Waals surface area contributed by atoms with E-state index in [1.165, 1.54) is 0 Å². The molecule has 0 atom stereocenters. The Morgan fingerprint density at radius 2 is 0.923 bits per heavy atom. The van der Waals surface area contributed by atoms with Crippen LogP contribution in [0.3, 0.4) is 0 Å². The SMILES string of the molecule is CC(C)(C)C(=O)CSC(=O)c1ccc(C(=O)SCC(=O)C(C)(C)C)cc1. The summed E-state index contributed by atoms with van der Waals surface area (Å²) in [4.78, 5) is 48.1. The minimum Gasteiger partial charge on any atom is -0.298 e. The van der Waals surface area contributed by atoms with Gasteiger partial charge >= 0.3 is 0 Å². The van der Waals surface area contributed by atoms with Gasteiger partial charge in [0.2, 0.25) is 10.2 Å². The molecule has 1 rings (SSSR count). The van der Waals surface area contributed by atoms with Crippen LogP contribution in [0.2, 0.25) is 0 Å². The number of Topliss-reactive ketones (excluding diaryl/α,β-unsaturated/α-hetero) is 2. The minimum absolute atomic E-state index is 0.0163. The highest BCUT2D eigenvalue weighted by Crippen LogP contribution is 2.22. The van der Waals surface area contributed by atoms with E-state index in [4.69, 9.17) is 0 Å². The van der Waals surface area contributed by atoms with Gasteiger partial charge in [-0.05, 0) is 24.3 Å². The first-order valence-electron chi connectivity index (χ1n) is 8.33. The lowest BCUT2D eigenvalue weighted by atomic mass is 9.92. The van der Waals surface area contributed by atoms with Crippen molar-refractivity contribution in [3.8, 4) is 0 Å². The van der Waals surface area contributed by atoms with Gasteiger partial charge in [-0.15, -0.1) is 0 Å². The summed E-state index contributed by atoms with van der Waals surface area (Å²) in [5.74, 6) is 0.298. The predicted octanol–water partition coefficient (Wildman–Crippen LogP) is 4.66. The van der Waals surface area contributed by atoms with Crippen LogP contribution in [0.1, 0.15) is 62.3 Å². The van der Waals surface area contributed by atoms with Crippen molar-refractivity contribution in [3.05, 3.63) is 35.4 Å². The molecule has 0 fully saturated rings. The van der Waals surface area contributed by atoms with E-state index < -0.39 is 10.8 Å². The van der Waals surface area contributed by atoms with Gasteiger partial charge in [-0.25, -0.2) is 0 Å². The van der Waals surface area contributed by atoms with Crippen molar-refractivity contribution in [2.75, 3.05) is 11.5 Å². The zero-order valence-corrected chi connectivity index (χ0v) is 17.8. The lowest BCUT2D eigenvalue weighted by Gasteiger charge is -2.15. The Hall–Kier alpha value is -1.40. The van der Waals surface area contributed by atoms with Crippen LogP contribution < -0.4 is 0 Å². The number of rotatable bonds is 6. The zero-order chi connectivity index (χ0) is 20.1. The molecule has 0 aliphatic rings. The number of hydrogen-bond donors (Lipinski definition) is 0. The van der Waals surface area contributed by atoms with E-state index in [-0.39, 0.29) is 33.3 Å². The summed E-state index contributed by atoms with van der Waals surface area (Å²) in [7, 11) is 0. The van der Waals surface area contributed by atoms with E-state index in [1.807, 2.05) is 41.5 Å². The molecule has 0 bridgehead atoms. The zero-order valence-electron chi connectivity index (χ0n) is 16.2. The Balaban J connectivity index is 2.62. The Bertz CT molecular complexity index is 631. The molecule has 0 amide bonds. The standard InChI is InChI=1S/C20H26O4S2/c1-19(2,3)15(21)11-25-17(23)13-7-9-14(10-8-13)18(24)26-12-16(22)20(4,5)6/h7-10H,11-12H2,1-6H3. The third-order valence-corrected chi connectivity index (χ3v) is 5.51. The lowest BCUT2D eigenvalue weighted by molar-refractivity contribution is -0.124. The number of ketones is 2. The molecule has 4 nitrogen and oxygen atoms in total. The molecular formula is C20H26O4S2. The van der Waals surface area contributed by atoms with E-state index in [0.29, 0.717) is 11.1 Å². The Kier molecular flexibility index (Phi) is 7.84. The average molecular weight is 395 g/mol. The summed E-state index contributed by atoms with van der Waals surface area (Å²) in [5.41, 5.74) is -0.0376. The highest BCUT2D eigenvalue weighted by molar-refractivity contribution is 8.15. The van der Waals surface area contributed by atoms with E-state index in [9.17, 15) is 19.2 Å². The lowest BCUT2D eigenvalue weighted by Crippen LogP contribution is -2.22. The molecule has 0 N–H and O–H groups in total. The highest BCUT2D eigenvalue weighted by Gasteiger charge is 2.23. The van der Waals surface area contributed by atoms with Crippen LogP contribution in [0.4, 0.5) is 0 Å². The fourth-order valence-corrected chi connectivity index (χ4v) is 3.60. The maximum absolute atomic E-state index is 12.2. The van der Waals surface area contributed by atoms with Crippen molar-refractivity contribution in [2.24, 2.45) is 10.8 Å². The van der Waals surface area contributed by atoms with Crippen LogP contribution in [0, 0.1) is 10.8 Å². The molecule has 0 aromatic heterocycles. The maximum Gasteiger partial charge on any atom is 0.219 e. The van der Waals surface area contributed by atoms with Crippen molar-refractivity contribution >= 4 is 45.3 Å². The Morgan fingerprint density at radius 1 is 0.654 bits per heavy atom. The van der Waals surface area contributed by atoms with Crippen LogP contribution >= 0.6 is 23.5 Å². The number of hydrogen-bond acceptors (Lipinski definition) is 6. The first kappa shape index (κ1) is 22.6. The molecule has 1 aromatic carbocycles. The summed E-state index contributed by atoms with van der Waals surface area (Å²) in [5, 5.41) is -0.394. The van der Waals surface area contributed by atoms with Gasteiger partial charge in [0.25, 0.3) is 0 Å². The van der Waals surface area contributed by atoms with Crippen LogP contribution in [-0.4, -0.2) is 33.3 Å². The van der Waals surface area contributed by atoms with Crippen molar-refractivity contribution in [3.63, 3.8) is 0 Å². The quantitative estimate of drug-likeness (QED) is 0.699. The molecule has 0 radical (unpaired) electrons. The molecule has 0 unspecified atom stereocenters. The van der Waals surface area contributed by atoms with Gasteiger partial charge in [0.05, 0.1) is 11.5 Å². The Morgan fingerprint density at radius 3 is 1.15 bits per heavy atom. The number of carbonyl (C=O) groups is 4. The van der Waals surface area contributed by atoms with Gasteiger partial charge in [-0.1, -0.05) is 65.1 Å². The summed E-state index contributed by atoms with van der Waals surface area (Å²) in [6.45, 7) is 10.9. The second-order valence-electron chi connectivity index (χ2n) is 8.08. The number of carbonyl (C=O) groups excluding carboxylic acids is 4.